The van der Waals surface area contributed by atoms with Crippen molar-refractivity contribution >= 4 is 23.3 Å². The minimum Gasteiger partial charge on any atom is -0.508 e. The van der Waals surface area contributed by atoms with E-state index in [9.17, 15) is 5.11 Å². The Labute approximate surface area is 145 Å². The lowest BCUT2D eigenvalue weighted by Gasteiger charge is -2.19. The van der Waals surface area contributed by atoms with Gasteiger partial charge in [-0.05, 0) is 35.9 Å². The third-order valence-corrected chi connectivity index (χ3v) is 4.21. The van der Waals surface area contributed by atoms with Crippen LogP contribution in [0.3, 0.4) is 0 Å². The van der Waals surface area contributed by atoms with E-state index in [4.69, 9.17) is 9.47 Å². The molecular weight excluding hydrogens is 330 g/mol. The predicted octanol–water partition coefficient (Wildman–Crippen LogP) is 2.29. The third kappa shape index (κ3) is 2.39. The highest BCUT2D eigenvalue weighted by molar-refractivity contribution is 5.92. The number of phenolic OH excluding ortho intramolecular Hbond substituents is 1. The van der Waals surface area contributed by atoms with E-state index < -0.39 is 0 Å². The van der Waals surface area contributed by atoms with E-state index in [0.29, 0.717) is 11.5 Å². The minimum atomic E-state index is 0. The molecule has 7 heteroatoms. The van der Waals surface area contributed by atoms with Crippen molar-refractivity contribution in [2.24, 2.45) is 0 Å². The number of benzene rings is 2. The molecule has 3 aromatic rings. The fourth-order valence-electron chi connectivity index (χ4n) is 3.10. The highest BCUT2D eigenvalue weighted by Crippen LogP contribution is 2.38. The Morgan fingerprint density at radius 2 is 1.83 bits per heavy atom. The zero-order chi connectivity index (χ0) is 16.0. The van der Waals surface area contributed by atoms with Crippen molar-refractivity contribution in [1.82, 2.24) is 10.3 Å². The Bertz CT molecular complexity index is 931. The molecule has 124 valence electrons. The molecule has 0 unspecified atom stereocenters. The summed E-state index contributed by atoms with van der Waals surface area (Å²) in [5, 5.41) is 19.2. The Hall–Kier alpha value is -2.60. The lowest BCUT2D eigenvalue weighted by Crippen LogP contribution is -2.44. The van der Waals surface area contributed by atoms with Crippen molar-refractivity contribution in [2.45, 2.75) is 13.0 Å². The quantitative estimate of drug-likeness (QED) is 0.721. The van der Waals surface area contributed by atoms with Crippen LogP contribution in [0.25, 0.3) is 22.2 Å². The summed E-state index contributed by atoms with van der Waals surface area (Å²) in [5.41, 5.74) is 3.88. The molecule has 24 heavy (non-hydrogen) atoms. The number of fused-ring (bicyclic) bond motifs is 5. The molecule has 0 amide bonds. The molecule has 0 aliphatic carbocycles. The smallest absolute Gasteiger partial charge is 0.215 e. The van der Waals surface area contributed by atoms with Crippen molar-refractivity contribution < 1.29 is 19.3 Å². The summed E-state index contributed by atoms with van der Waals surface area (Å²) < 4.78 is 12.7. The number of methoxy groups -OCH3 is 2. The summed E-state index contributed by atoms with van der Waals surface area (Å²) in [7, 11) is 3.25. The molecule has 0 radical (unpaired) electrons. The number of aromatic hydroxyl groups is 1. The second-order valence-corrected chi connectivity index (χ2v) is 5.48. The number of nitrogens with zero attached hydrogens (tertiary/aromatic N) is 3. The number of ether oxygens (including phenoxy) is 2. The van der Waals surface area contributed by atoms with Gasteiger partial charge in [-0.3, -0.25) is 0 Å². The van der Waals surface area contributed by atoms with E-state index in [1.54, 1.807) is 32.4 Å². The normalized spacial score (nSPS) is 12.1. The van der Waals surface area contributed by atoms with Gasteiger partial charge in [0, 0.05) is 12.0 Å². The molecule has 0 saturated heterocycles. The van der Waals surface area contributed by atoms with Gasteiger partial charge in [0.05, 0.1) is 24.7 Å². The zero-order valence-electron chi connectivity index (χ0n) is 13.3. The fraction of sp³-hybridized carbons (Fsp3) is 0.235. The van der Waals surface area contributed by atoms with Gasteiger partial charge >= 0.3 is 0 Å². The van der Waals surface area contributed by atoms with Gasteiger partial charge in [0.25, 0.3) is 0 Å². The average molecular weight is 347 g/mol. The number of hydrogen-bond acceptors (Lipinski definition) is 5. The summed E-state index contributed by atoms with van der Waals surface area (Å²) >= 11 is 0. The van der Waals surface area contributed by atoms with Gasteiger partial charge < -0.3 is 14.6 Å². The molecule has 0 saturated carbocycles. The highest BCUT2D eigenvalue weighted by atomic mass is 35.5. The first-order valence-corrected chi connectivity index (χ1v) is 7.36. The molecule has 4 rings (SSSR count). The summed E-state index contributed by atoms with van der Waals surface area (Å²) in [5.74, 6) is 1.60. The first-order valence-electron chi connectivity index (χ1n) is 7.36. The maximum Gasteiger partial charge on any atom is 0.215 e. The maximum atomic E-state index is 9.86. The van der Waals surface area contributed by atoms with Crippen LogP contribution in [-0.2, 0) is 13.0 Å². The number of rotatable bonds is 2. The number of phenols is 1. The van der Waals surface area contributed by atoms with E-state index in [0.717, 1.165) is 35.1 Å². The molecule has 0 fully saturated rings. The Kier molecular flexibility index (Phi) is 4.15. The largest absolute Gasteiger partial charge is 0.508 e. The molecule has 1 aliphatic rings. The van der Waals surface area contributed by atoms with E-state index in [1.807, 2.05) is 16.8 Å². The van der Waals surface area contributed by atoms with E-state index in [2.05, 4.69) is 10.3 Å². The van der Waals surface area contributed by atoms with Gasteiger partial charge in [-0.1, -0.05) is 0 Å². The van der Waals surface area contributed by atoms with Gasteiger partial charge in [-0.25, -0.2) is 0 Å². The molecule has 2 aromatic carbocycles. The SMILES string of the molecule is COc1cc2c(cc1OC)-c1c3cc(O)ccc3nn[n+]1CC2.Cl. The number of aryl methyl sites for hydroxylation is 2. The Morgan fingerprint density at radius 1 is 1.08 bits per heavy atom. The summed E-state index contributed by atoms with van der Waals surface area (Å²) in [4.78, 5) is 0. The molecule has 0 atom stereocenters. The van der Waals surface area contributed by atoms with Crippen LogP contribution >= 0.6 is 12.4 Å². The molecule has 6 nitrogen and oxygen atoms in total. The Balaban J connectivity index is 0.00000169. The zero-order valence-corrected chi connectivity index (χ0v) is 14.1. The van der Waals surface area contributed by atoms with E-state index in [-0.39, 0.29) is 18.2 Å². The topological polar surface area (TPSA) is 68.3 Å². The van der Waals surface area contributed by atoms with Crippen LogP contribution in [0.15, 0.2) is 30.3 Å². The van der Waals surface area contributed by atoms with E-state index in [1.165, 1.54) is 5.56 Å². The Morgan fingerprint density at radius 3 is 2.58 bits per heavy atom. The molecule has 0 spiro atoms. The highest BCUT2D eigenvalue weighted by Gasteiger charge is 2.27. The average Bonchev–Trinajstić information content (AvgIpc) is 2.59. The fourth-order valence-corrected chi connectivity index (χ4v) is 3.10. The van der Waals surface area contributed by atoms with Crippen LogP contribution in [-0.4, -0.2) is 29.6 Å². The number of halogens is 1. The lowest BCUT2D eigenvalue weighted by atomic mass is 9.95. The molecular formula is C17H17ClN3O3+. The van der Waals surface area contributed by atoms with Crippen molar-refractivity contribution in [3.8, 4) is 28.5 Å². The van der Waals surface area contributed by atoms with Crippen LogP contribution in [0.1, 0.15) is 5.56 Å². The number of hydrogen-bond donors (Lipinski definition) is 1. The van der Waals surface area contributed by atoms with Crippen molar-refractivity contribution in [1.29, 1.82) is 0 Å². The van der Waals surface area contributed by atoms with Crippen LogP contribution in [0.5, 0.6) is 17.2 Å². The lowest BCUT2D eigenvalue weighted by molar-refractivity contribution is -0.748. The van der Waals surface area contributed by atoms with Crippen LogP contribution in [0.2, 0.25) is 0 Å². The maximum absolute atomic E-state index is 9.86. The van der Waals surface area contributed by atoms with Gasteiger partial charge in [-0.2, -0.15) is 0 Å². The summed E-state index contributed by atoms with van der Waals surface area (Å²) in [6, 6.07) is 9.08. The standard InChI is InChI=1S/C17H15N3O3.ClH/c1-22-15-7-10-5-6-20-17(12(10)9-16(15)23-2)13-8-11(21)3-4-14(13)18-19-20;/h3-4,7-9H,5-6H2,1-2H3;1H/p+1. The van der Waals surface area contributed by atoms with Gasteiger partial charge in [0.1, 0.15) is 17.5 Å². The summed E-state index contributed by atoms with van der Waals surface area (Å²) in [6.07, 6.45) is 0.840. The minimum absolute atomic E-state index is 0. The summed E-state index contributed by atoms with van der Waals surface area (Å²) in [6.45, 7) is 0.733. The van der Waals surface area contributed by atoms with Crippen LogP contribution < -0.4 is 14.2 Å². The second-order valence-electron chi connectivity index (χ2n) is 5.48. The molecule has 1 aliphatic heterocycles. The van der Waals surface area contributed by atoms with Crippen molar-refractivity contribution in [2.75, 3.05) is 14.2 Å². The first-order chi connectivity index (χ1) is 11.2. The van der Waals surface area contributed by atoms with Crippen LogP contribution in [0, 0.1) is 0 Å². The monoisotopic (exact) mass is 346 g/mol. The molecule has 1 N–H and O–H groups in total. The molecule has 0 bridgehead atoms. The van der Waals surface area contributed by atoms with Gasteiger partial charge in [-0.15, -0.1) is 17.1 Å². The molecule has 1 aromatic heterocycles. The first kappa shape index (κ1) is 16.3. The van der Waals surface area contributed by atoms with Gasteiger partial charge in [0.15, 0.2) is 17.2 Å². The van der Waals surface area contributed by atoms with Crippen molar-refractivity contribution in [3.63, 3.8) is 0 Å². The second kappa shape index (κ2) is 6.13. The number of aromatic nitrogens is 3. The van der Waals surface area contributed by atoms with E-state index >= 15 is 0 Å². The van der Waals surface area contributed by atoms with Crippen molar-refractivity contribution in [3.05, 3.63) is 35.9 Å². The predicted molar refractivity (Wildman–Crippen MR) is 90.9 cm³/mol. The molecule has 2 heterocycles. The third-order valence-electron chi connectivity index (χ3n) is 4.21. The van der Waals surface area contributed by atoms with Crippen LogP contribution in [0.4, 0.5) is 0 Å². The van der Waals surface area contributed by atoms with Gasteiger partial charge in [0.2, 0.25) is 5.52 Å².